The number of benzene rings is 2. The van der Waals surface area contributed by atoms with Crippen LogP contribution in [0.5, 0.6) is 0 Å². The van der Waals surface area contributed by atoms with Gasteiger partial charge >= 0.3 is 0 Å². The summed E-state index contributed by atoms with van der Waals surface area (Å²) < 4.78 is 0. The fraction of sp³-hybridized carbons (Fsp3) is 0.455. The van der Waals surface area contributed by atoms with E-state index in [-0.39, 0.29) is 0 Å². The first-order chi connectivity index (χ1) is 12.2. The van der Waals surface area contributed by atoms with Crippen molar-refractivity contribution in [2.24, 2.45) is 0 Å². The van der Waals surface area contributed by atoms with Crippen LogP contribution in [-0.2, 0) is 19.5 Å². The summed E-state index contributed by atoms with van der Waals surface area (Å²) in [6, 6.07) is 18.2. The van der Waals surface area contributed by atoms with Gasteiger partial charge in [-0.05, 0) is 48.1 Å². The summed E-state index contributed by atoms with van der Waals surface area (Å²) in [7, 11) is 0. The zero-order chi connectivity index (χ0) is 17.5. The third-order valence-corrected chi connectivity index (χ3v) is 5.50. The van der Waals surface area contributed by atoms with Crippen LogP contribution < -0.4 is 10.6 Å². The van der Waals surface area contributed by atoms with Crippen molar-refractivity contribution < 1.29 is 0 Å². The van der Waals surface area contributed by atoms with Gasteiger partial charge in [-0.3, -0.25) is 0 Å². The number of hydrogen-bond acceptors (Lipinski definition) is 2. The van der Waals surface area contributed by atoms with Gasteiger partial charge in [0.05, 0.1) is 0 Å². The van der Waals surface area contributed by atoms with Crippen molar-refractivity contribution in [3.05, 3.63) is 70.2 Å². The van der Waals surface area contributed by atoms with Crippen molar-refractivity contribution in [2.75, 3.05) is 0 Å². The largest absolute Gasteiger partial charge is 0.308 e. The Hall–Kier alpha value is -1.35. The third-order valence-electron chi connectivity index (χ3n) is 5.25. The minimum Gasteiger partial charge on any atom is -0.308 e. The van der Waals surface area contributed by atoms with Crippen LogP contribution in [0.15, 0.2) is 48.5 Å². The van der Waals surface area contributed by atoms with E-state index < -0.39 is 0 Å². The summed E-state index contributed by atoms with van der Waals surface area (Å²) in [5.41, 5.74) is 4.08. The second kappa shape index (κ2) is 9.38. The van der Waals surface area contributed by atoms with E-state index in [0.29, 0.717) is 12.1 Å². The lowest BCUT2D eigenvalue weighted by Crippen LogP contribution is -2.49. The van der Waals surface area contributed by atoms with Gasteiger partial charge in [-0.2, -0.15) is 0 Å². The Morgan fingerprint density at radius 1 is 0.760 bits per heavy atom. The summed E-state index contributed by atoms with van der Waals surface area (Å²) in [5.74, 6) is 0. The van der Waals surface area contributed by atoms with Crippen molar-refractivity contribution in [3.63, 3.8) is 0 Å². The van der Waals surface area contributed by atoms with Crippen molar-refractivity contribution in [1.29, 1.82) is 0 Å². The SMILES string of the molecule is CCc1ccc(CNC2CCCCC2NCc2ccc(Cl)cc2)cc1. The smallest absolute Gasteiger partial charge is 0.0406 e. The summed E-state index contributed by atoms with van der Waals surface area (Å²) in [5, 5.41) is 8.34. The molecule has 0 bridgehead atoms. The molecule has 3 rings (SSSR count). The van der Waals surface area contributed by atoms with Crippen molar-refractivity contribution in [3.8, 4) is 0 Å². The molecule has 0 saturated heterocycles. The Morgan fingerprint density at radius 2 is 1.20 bits per heavy atom. The molecule has 134 valence electrons. The van der Waals surface area contributed by atoms with Gasteiger partial charge < -0.3 is 10.6 Å². The molecule has 25 heavy (non-hydrogen) atoms. The third kappa shape index (κ3) is 5.57. The highest BCUT2D eigenvalue weighted by atomic mass is 35.5. The molecule has 1 aliphatic rings. The molecule has 0 radical (unpaired) electrons. The number of rotatable bonds is 7. The lowest BCUT2D eigenvalue weighted by atomic mass is 9.90. The molecular weight excluding hydrogens is 328 g/mol. The van der Waals surface area contributed by atoms with Gasteiger partial charge in [-0.1, -0.05) is 67.8 Å². The molecule has 2 aromatic carbocycles. The molecule has 1 saturated carbocycles. The molecule has 1 fully saturated rings. The van der Waals surface area contributed by atoms with E-state index in [0.717, 1.165) is 24.5 Å². The molecule has 0 heterocycles. The molecule has 1 aliphatic carbocycles. The average molecular weight is 357 g/mol. The lowest BCUT2D eigenvalue weighted by Gasteiger charge is -2.33. The maximum Gasteiger partial charge on any atom is 0.0406 e. The maximum atomic E-state index is 5.97. The minimum absolute atomic E-state index is 0.541. The number of hydrogen-bond donors (Lipinski definition) is 2. The second-order valence-electron chi connectivity index (χ2n) is 7.06. The van der Waals surface area contributed by atoms with Gasteiger partial charge in [-0.25, -0.2) is 0 Å². The Bertz CT molecular complexity index is 636. The normalized spacial score (nSPS) is 20.6. The molecule has 2 aromatic rings. The van der Waals surface area contributed by atoms with E-state index in [2.05, 4.69) is 54.0 Å². The monoisotopic (exact) mass is 356 g/mol. The van der Waals surface area contributed by atoms with E-state index in [1.54, 1.807) is 0 Å². The van der Waals surface area contributed by atoms with E-state index >= 15 is 0 Å². The highest BCUT2D eigenvalue weighted by Gasteiger charge is 2.24. The molecule has 0 spiro atoms. The first-order valence-electron chi connectivity index (χ1n) is 9.53. The first kappa shape index (κ1) is 18.4. The molecule has 2 unspecified atom stereocenters. The van der Waals surface area contributed by atoms with Crippen molar-refractivity contribution in [2.45, 2.75) is 64.2 Å². The molecule has 2 nitrogen and oxygen atoms in total. The van der Waals surface area contributed by atoms with Gasteiger partial charge in [0, 0.05) is 30.2 Å². The van der Waals surface area contributed by atoms with Crippen LogP contribution in [-0.4, -0.2) is 12.1 Å². The lowest BCUT2D eigenvalue weighted by molar-refractivity contribution is 0.281. The van der Waals surface area contributed by atoms with E-state index in [1.165, 1.54) is 42.4 Å². The number of aryl methyl sites for hydroxylation is 1. The standard InChI is InChI=1S/C22H29ClN2/c1-2-17-7-9-18(10-8-17)15-24-21-5-3-4-6-22(21)25-16-19-11-13-20(23)14-12-19/h7-14,21-22,24-25H,2-6,15-16H2,1H3. The van der Waals surface area contributed by atoms with Gasteiger partial charge in [0.15, 0.2) is 0 Å². The maximum absolute atomic E-state index is 5.97. The molecule has 0 aromatic heterocycles. The Balaban J connectivity index is 1.52. The second-order valence-corrected chi connectivity index (χ2v) is 7.49. The van der Waals surface area contributed by atoms with Crippen LogP contribution >= 0.6 is 11.6 Å². The van der Waals surface area contributed by atoms with Crippen LogP contribution in [0.1, 0.15) is 49.3 Å². The Kier molecular flexibility index (Phi) is 6.92. The van der Waals surface area contributed by atoms with Crippen LogP contribution in [0.25, 0.3) is 0 Å². The summed E-state index contributed by atoms with van der Waals surface area (Å²) >= 11 is 5.97. The molecule has 0 aliphatic heterocycles. The van der Waals surface area contributed by atoms with E-state index in [1.807, 2.05) is 12.1 Å². The molecule has 0 amide bonds. The van der Waals surface area contributed by atoms with Gasteiger partial charge in [0.2, 0.25) is 0 Å². The zero-order valence-electron chi connectivity index (χ0n) is 15.1. The predicted octanol–water partition coefficient (Wildman–Crippen LogP) is 5.09. The topological polar surface area (TPSA) is 24.1 Å². The summed E-state index contributed by atoms with van der Waals surface area (Å²) in [6.45, 7) is 4.06. The Labute approximate surface area is 157 Å². The van der Waals surface area contributed by atoms with E-state index in [9.17, 15) is 0 Å². The average Bonchev–Trinajstić information content (AvgIpc) is 2.67. The fourth-order valence-electron chi connectivity index (χ4n) is 3.61. The van der Waals surface area contributed by atoms with Crippen LogP contribution in [0.3, 0.4) is 0 Å². The summed E-state index contributed by atoms with van der Waals surface area (Å²) in [6.07, 6.45) is 6.26. The zero-order valence-corrected chi connectivity index (χ0v) is 15.9. The number of halogens is 1. The van der Waals surface area contributed by atoms with Gasteiger partial charge in [0.1, 0.15) is 0 Å². The minimum atomic E-state index is 0.541. The highest BCUT2D eigenvalue weighted by molar-refractivity contribution is 6.30. The first-order valence-corrected chi connectivity index (χ1v) is 9.91. The number of nitrogens with one attached hydrogen (secondary N) is 2. The fourth-order valence-corrected chi connectivity index (χ4v) is 3.74. The summed E-state index contributed by atoms with van der Waals surface area (Å²) in [4.78, 5) is 0. The highest BCUT2D eigenvalue weighted by Crippen LogP contribution is 2.20. The van der Waals surface area contributed by atoms with Gasteiger partial charge in [-0.15, -0.1) is 0 Å². The molecule has 2 atom stereocenters. The van der Waals surface area contributed by atoms with Crippen LogP contribution in [0.2, 0.25) is 5.02 Å². The molecular formula is C22H29ClN2. The van der Waals surface area contributed by atoms with Crippen LogP contribution in [0, 0.1) is 0 Å². The molecule has 3 heteroatoms. The van der Waals surface area contributed by atoms with Crippen molar-refractivity contribution >= 4 is 11.6 Å². The Morgan fingerprint density at radius 3 is 1.68 bits per heavy atom. The van der Waals surface area contributed by atoms with Gasteiger partial charge in [0.25, 0.3) is 0 Å². The van der Waals surface area contributed by atoms with Crippen molar-refractivity contribution in [1.82, 2.24) is 10.6 Å². The van der Waals surface area contributed by atoms with E-state index in [4.69, 9.17) is 11.6 Å². The molecule has 2 N–H and O–H groups in total. The quantitative estimate of drug-likeness (QED) is 0.721. The van der Waals surface area contributed by atoms with Crippen LogP contribution in [0.4, 0.5) is 0 Å². The predicted molar refractivity (Wildman–Crippen MR) is 107 cm³/mol.